The third-order valence-electron chi connectivity index (χ3n) is 3.41. The summed E-state index contributed by atoms with van der Waals surface area (Å²) in [5.74, 6) is -0.329. The molecule has 0 bridgehead atoms. The number of carbonyl (C=O) groups excluding carboxylic acids is 1. The van der Waals surface area contributed by atoms with Gasteiger partial charge in [0.1, 0.15) is 0 Å². The number of benzene rings is 2. The van der Waals surface area contributed by atoms with Crippen LogP contribution in [0.2, 0.25) is 5.02 Å². The maximum atomic E-state index is 12.3. The second-order valence-corrected chi connectivity index (χ2v) is 7.74. The largest absolute Gasteiger partial charge is 0.322 e. The first kappa shape index (κ1) is 17.5. The Kier molecular flexibility index (Phi) is 5.09. The van der Waals surface area contributed by atoms with Crippen LogP contribution in [0.5, 0.6) is 0 Å². The van der Waals surface area contributed by atoms with Gasteiger partial charge in [0.2, 0.25) is 10.0 Å². The smallest absolute Gasteiger partial charge is 0.255 e. The SMILES string of the molecule is Cc1c(Cl)cccc1NC(=O)c1ccc(S(=O)(=O)N(C)C)cc1. The number of nitrogens with one attached hydrogen (secondary N) is 1. The Morgan fingerprint density at radius 2 is 1.70 bits per heavy atom. The molecule has 0 aliphatic heterocycles. The monoisotopic (exact) mass is 352 g/mol. The predicted molar refractivity (Wildman–Crippen MR) is 91.5 cm³/mol. The number of hydrogen-bond acceptors (Lipinski definition) is 3. The Morgan fingerprint density at radius 1 is 1.09 bits per heavy atom. The highest BCUT2D eigenvalue weighted by molar-refractivity contribution is 7.89. The van der Waals surface area contributed by atoms with Gasteiger partial charge in [0.05, 0.1) is 4.90 Å². The lowest BCUT2D eigenvalue weighted by Gasteiger charge is -2.12. The summed E-state index contributed by atoms with van der Waals surface area (Å²) in [6.45, 7) is 1.81. The predicted octanol–water partition coefficient (Wildman–Crippen LogP) is 3.15. The summed E-state index contributed by atoms with van der Waals surface area (Å²) in [4.78, 5) is 12.4. The lowest BCUT2D eigenvalue weighted by Crippen LogP contribution is -2.22. The van der Waals surface area contributed by atoms with E-state index in [1.54, 1.807) is 18.2 Å². The van der Waals surface area contributed by atoms with Crippen molar-refractivity contribution in [3.63, 3.8) is 0 Å². The third kappa shape index (κ3) is 3.72. The summed E-state index contributed by atoms with van der Waals surface area (Å²) in [6, 6.07) is 11.0. The highest BCUT2D eigenvalue weighted by atomic mass is 35.5. The van der Waals surface area contributed by atoms with Crippen LogP contribution in [-0.4, -0.2) is 32.7 Å². The number of carbonyl (C=O) groups is 1. The zero-order valence-corrected chi connectivity index (χ0v) is 14.6. The fourth-order valence-corrected chi connectivity index (χ4v) is 3.00. The fourth-order valence-electron chi connectivity index (χ4n) is 1.93. The summed E-state index contributed by atoms with van der Waals surface area (Å²) in [7, 11) is -0.594. The van der Waals surface area contributed by atoms with Gasteiger partial charge in [0, 0.05) is 30.4 Å². The zero-order valence-electron chi connectivity index (χ0n) is 13.0. The summed E-state index contributed by atoms with van der Waals surface area (Å²) in [5.41, 5.74) is 1.75. The molecular formula is C16H17ClN2O3S. The molecule has 0 fully saturated rings. The maximum Gasteiger partial charge on any atom is 0.255 e. The normalized spacial score (nSPS) is 11.5. The first-order valence-electron chi connectivity index (χ1n) is 6.82. The second kappa shape index (κ2) is 6.70. The van der Waals surface area contributed by atoms with Crippen molar-refractivity contribution in [2.24, 2.45) is 0 Å². The second-order valence-electron chi connectivity index (χ2n) is 5.18. The molecule has 0 saturated heterocycles. The van der Waals surface area contributed by atoms with E-state index in [4.69, 9.17) is 11.6 Å². The van der Waals surface area contributed by atoms with E-state index in [-0.39, 0.29) is 10.8 Å². The molecule has 0 unspecified atom stereocenters. The minimum absolute atomic E-state index is 0.137. The lowest BCUT2D eigenvalue weighted by atomic mass is 10.1. The summed E-state index contributed by atoms with van der Waals surface area (Å²) in [5, 5.41) is 3.33. The van der Waals surface area contributed by atoms with Crippen LogP contribution >= 0.6 is 11.6 Å². The van der Waals surface area contributed by atoms with E-state index in [2.05, 4.69) is 5.32 Å². The molecule has 1 amide bonds. The van der Waals surface area contributed by atoms with Gasteiger partial charge in [-0.2, -0.15) is 0 Å². The molecule has 2 aromatic carbocycles. The number of rotatable bonds is 4. The van der Waals surface area contributed by atoms with E-state index >= 15 is 0 Å². The van der Waals surface area contributed by atoms with E-state index in [9.17, 15) is 13.2 Å². The van der Waals surface area contributed by atoms with Crippen LogP contribution in [-0.2, 0) is 10.0 Å². The Labute approximate surface area is 140 Å². The van der Waals surface area contributed by atoms with Crippen molar-refractivity contribution in [3.05, 3.63) is 58.6 Å². The average molecular weight is 353 g/mol. The van der Waals surface area contributed by atoms with Crippen LogP contribution in [0.1, 0.15) is 15.9 Å². The van der Waals surface area contributed by atoms with Crippen LogP contribution < -0.4 is 5.32 Å². The summed E-state index contributed by atoms with van der Waals surface area (Å²) < 4.78 is 25.1. The molecule has 0 radical (unpaired) electrons. The Bertz CT molecular complexity index is 831. The number of sulfonamides is 1. The van der Waals surface area contributed by atoms with Crippen molar-refractivity contribution >= 4 is 33.2 Å². The van der Waals surface area contributed by atoms with E-state index in [0.29, 0.717) is 16.3 Å². The van der Waals surface area contributed by atoms with Crippen LogP contribution in [0.3, 0.4) is 0 Å². The van der Waals surface area contributed by atoms with Gasteiger partial charge in [-0.25, -0.2) is 12.7 Å². The van der Waals surface area contributed by atoms with Gasteiger partial charge in [-0.3, -0.25) is 4.79 Å². The molecular weight excluding hydrogens is 336 g/mol. The van der Waals surface area contributed by atoms with Crippen LogP contribution in [0, 0.1) is 6.92 Å². The molecule has 0 aliphatic rings. The molecule has 0 spiro atoms. The Morgan fingerprint density at radius 3 is 2.26 bits per heavy atom. The van der Waals surface area contributed by atoms with Gasteiger partial charge in [-0.1, -0.05) is 17.7 Å². The van der Waals surface area contributed by atoms with E-state index in [0.717, 1.165) is 9.87 Å². The van der Waals surface area contributed by atoms with Gasteiger partial charge in [0.25, 0.3) is 5.91 Å². The van der Waals surface area contributed by atoms with Gasteiger partial charge in [0.15, 0.2) is 0 Å². The Hall–Kier alpha value is -1.89. The maximum absolute atomic E-state index is 12.3. The molecule has 2 rings (SSSR count). The fraction of sp³-hybridized carbons (Fsp3) is 0.188. The van der Waals surface area contributed by atoms with Crippen LogP contribution in [0.15, 0.2) is 47.4 Å². The molecule has 0 atom stereocenters. The molecule has 1 N–H and O–H groups in total. The number of anilines is 1. The minimum Gasteiger partial charge on any atom is -0.322 e. The van der Waals surface area contributed by atoms with Crippen LogP contribution in [0.4, 0.5) is 5.69 Å². The van der Waals surface area contributed by atoms with Crippen molar-refractivity contribution < 1.29 is 13.2 Å². The molecule has 2 aromatic rings. The molecule has 0 heterocycles. The molecule has 122 valence electrons. The van der Waals surface area contributed by atoms with Gasteiger partial charge in [-0.15, -0.1) is 0 Å². The van der Waals surface area contributed by atoms with E-state index < -0.39 is 10.0 Å². The Balaban J connectivity index is 2.23. The van der Waals surface area contributed by atoms with Gasteiger partial charge >= 0.3 is 0 Å². The molecule has 5 nitrogen and oxygen atoms in total. The van der Waals surface area contributed by atoms with Crippen molar-refractivity contribution in [1.29, 1.82) is 0 Å². The topological polar surface area (TPSA) is 66.5 Å². The molecule has 7 heteroatoms. The molecule has 0 aliphatic carbocycles. The van der Waals surface area contributed by atoms with Crippen LogP contribution in [0.25, 0.3) is 0 Å². The van der Waals surface area contributed by atoms with Gasteiger partial charge in [-0.05, 0) is 48.9 Å². The minimum atomic E-state index is -3.51. The summed E-state index contributed by atoms with van der Waals surface area (Å²) in [6.07, 6.45) is 0. The average Bonchev–Trinajstić information content (AvgIpc) is 2.51. The number of amides is 1. The number of hydrogen-bond donors (Lipinski definition) is 1. The van der Waals surface area contributed by atoms with E-state index in [1.807, 2.05) is 6.92 Å². The quantitative estimate of drug-likeness (QED) is 0.919. The molecule has 23 heavy (non-hydrogen) atoms. The third-order valence-corrected chi connectivity index (χ3v) is 5.65. The molecule has 0 saturated carbocycles. The highest BCUT2D eigenvalue weighted by Crippen LogP contribution is 2.23. The standard InChI is InChI=1S/C16H17ClN2O3S/c1-11-14(17)5-4-6-15(11)18-16(20)12-7-9-13(10-8-12)23(21,22)19(2)3/h4-10H,1-3H3,(H,18,20). The van der Waals surface area contributed by atoms with Crippen molar-refractivity contribution in [2.45, 2.75) is 11.8 Å². The summed E-state index contributed by atoms with van der Waals surface area (Å²) >= 11 is 6.02. The van der Waals surface area contributed by atoms with Crippen molar-refractivity contribution in [2.75, 3.05) is 19.4 Å². The highest BCUT2D eigenvalue weighted by Gasteiger charge is 2.17. The van der Waals surface area contributed by atoms with Crippen molar-refractivity contribution in [3.8, 4) is 0 Å². The first-order chi connectivity index (χ1) is 10.7. The number of nitrogens with zero attached hydrogens (tertiary/aromatic N) is 1. The lowest BCUT2D eigenvalue weighted by molar-refractivity contribution is 0.102. The zero-order chi connectivity index (χ0) is 17.2. The van der Waals surface area contributed by atoms with Crippen molar-refractivity contribution in [1.82, 2.24) is 4.31 Å². The number of halogens is 1. The van der Waals surface area contributed by atoms with Gasteiger partial charge < -0.3 is 5.32 Å². The first-order valence-corrected chi connectivity index (χ1v) is 8.64. The molecule has 0 aromatic heterocycles. The van der Waals surface area contributed by atoms with E-state index in [1.165, 1.54) is 38.4 Å².